The zero-order chi connectivity index (χ0) is 19.0. The fourth-order valence-electron chi connectivity index (χ4n) is 4.06. The molecule has 0 N–H and O–H groups in total. The molecule has 1 saturated carbocycles. The monoisotopic (exact) mass is 365 g/mol. The van der Waals surface area contributed by atoms with Crippen molar-refractivity contribution in [1.82, 2.24) is 14.4 Å². The van der Waals surface area contributed by atoms with Gasteiger partial charge in [-0.05, 0) is 49.9 Å². The van der Waals surface area contributed by atoms with Crippen LogP contribution in [0.25, 0.3) is 0 Å². The van der Waals surface area contributed by atoms with Crippen molar-refractivity contribution in [2.75, 3.05) is 19.6 Å². The van der Waals surface area contributed by atoms with Gasteiger partial charge in [0.1, 0.15) is 0 Å². The van der Waals surface area contributed by atoms with Gasteiger partial charge < -0.3 is 14.4 Å². The average molecular weight is 365 g/mol. The minimum Gasteiger partial charge on any atom is -0.348 e. The summed E-state index contributed by atoms with van der Waals surface area (Å²) in [5.41, 5.74) is 3.47. The van der Waals surface area contributed by atoms with E-state index >= 15 is 0 Å². The maximum Gasteiger partial charge on any atom is 0.243 e. The Morgan fingerprint density at radius 1 is 1.11 bits per heavy atom. The second-order valence-electron chi connectivity index (χ2n) is 7.60. The highest BCUT2D eigenvalue weighted by atomic mass is 16.2. The van der Waals surface area contributed by atoms with Crippen molar-refractivity contribution < 1.29 is 9.59 Å². The van der Waals surface area contributed by atoms with Crippen LogP contribution < -0.4 is 0 Å². The highest BCUT2D eigenvalue weighted by Gasteiger charge is 2.37. The SMILES string of the molecule is CCN(CC(=O)N1CCn2cccc2[C@H]1c1ccccc1C)C(=O)C1CC1. The highest BCUT2D eigenvalue weighted by molar-refractivity contribution is 5.87. The van der Waals surface area contributed by atoms with E-state index in [9.17, 15) is 9.59 Å². The number of hydrogen-bond acceptors (Lipinski definition) is 2. The number of fused-ring (bicyclic) bond motifs is 1. The lowest BCUT2D eigenvalue weighted by Gasteiger charge is -2.39. The van der Waals surface area contributed by atoms with Crippen molar-refractivity contribution in [2.45, 2.75) is 39.3 Å². The first kappa shape index (κ1) is 17.8. The van der Waals surface area contributed by atoms with E-state index in [1.165, 1.54) is 5.56 Å². The number of nitrogens with zero attached hydrogens (tertiary/aromatic N) is 3. The Bertz CT molecular complexity index is 853. The zero-order valence-corrected chi connectivity index (χ0v) is 16.1. The predicted octanol–water partition coefficient (Wildman–Crippen LogP) is 2.99. The number of likely N-dealkylation sites (N-methyl/N-ethyl adjacent to an activating group) is 1. The minimum absolute atomic E-state index is 0.0338. The number of carbonyl (C=O) groups is 2. The summed E-state index contributed by atoms with van der Waals surface area (Å²) >= 11 is 0. The largest absolute Gasteiger partial charge is 0.348 e. The maximum atomic E-state index is 13.3. The Kier molecular flexibility index (Phi) is 4.77. The van der Waals surface area contributed by atoms with Crippen LogP contribution in [0.4, 0.5) is 0 Å². The molecule has 0 bridgehead atoms. The van der Waals surface area contributed by atoms with Crippen molar-refractivity contribution in [3.63, 3.8) is 0 Å². The molecule has 0 radical (unpaired) electrons. The van der Waals surface area contributed by atoms with E-state index in [4.69, 9.17) is 0 Å². The van der Waals surface area contributed by atoms with E-state index in [2.05, 4.69) is 35.9 Å². The van der Waals surface area contributed by atoms with Crippen molar-refractivity contribution in [3.8, 4) is 0 Å². The van der Waals surface area contributed by atoms with Gasteiger partial charge in [0.2, 0.25) is 11.8 Å². The Labute approximate surface area is 160 Å². The molecule has 0 unspecified atom stereocenters. The molecule has 1 fully saturated rings. The van der Waals surface area contributed by atoms with Gasteiger partial charge >= 0.3 is 0 Å². The number of carbonyl (C=O) groups excluding carboxylic acids is 2. The van der Waals surface area contributed by atoms with Crippen LogP contribution in [0.5, 0.6) is 0 Å². The smallest absolute Gasteiger partial charge is 0.243 e. The van der Waals surface area contributed by atoms with Crippen LogP contribution in [0.3, 0.4) is 0 Å². The van der Waals surface area contributed by atoms with E-state index in [1.807, 2.05) is 30.0 Å². The lowest BCUT2D eigenvalue weighted by atomic mass is 9.95. The fourth-order valence-corrected chi connectivity index (χ4v) is 4.06. The molecule has 5 nitrogen and oxygen atoms in total. The van der Waals surface area contributed by atoms with Crippen LogP contribution in [-0.4, -0.2) is 45.8 Å². The second kappa shape index (κ2) is 7.22. The van der Waals surface area contributed by atoms with Gasteiger partial charge in [-0.3, -0.25) is 9.59 Å². The summed E-state index contributed by atoms with van der Waals surface area (Å²) in [5.74, 6) is 0.314. The maximum absolute atomic E-state index is 13.3. The quantitative estimate of drug-likeness (QED) is 0.818. The summed E-state index contributed by atoms with van der Waals surface area (Å²) in [6.45, 7) is 6.26. The second-order valence-corrected chi connectivity index (χ2v) is 7.60. The highest BCUT2D eigenvalue weighted by Crippen LogP contribution is 2.35. The van der Waals surface area contributed by atoms with Crippen LogP contribution in [-0.2, 0) is 16.1 Å². The molecule has 0 spiro atoms. The molecule has 1 aromatic heterocycles. The molecule has 27 heavy (non-hydrogen) atoms. The third-order valence-electron chi connectivity index (χ3n) is 5.79. The third kappa shape index (κ3) is 3.38. The van der Waals surface area contributed by atoms with Gasteiger partial charge in [-0.1, -0.05) is 24.3 Å². The molecule has 4 rings (SSSR count). The fraction of sp³-hybridized carbons (Fsp3) is 0.455. The third-order valence-corrected chi connectivity index (χ3v) is 5.79. The summed E-state index contributed by atoms with van der Waals surface area (Å²) in [7, 11) is 0. The van der Waals surface area contributed by atoms with Crippen LogP contribution in [0, 0.1) is 12.8 Å². The Balaban J connectivity index is 1.63. The molecule has 2 amide bonds. The number of benzene rings is 1. The van der Waals surface area contributed by atoms with Gasteiger partial charge in [-0.2, -0.15) is 0 Å². The molecule has 142 valence electrons. The van der Waals surface area contributed by atoms with Crippen LogP contribution in [0.1, 0.15) is 42.6 Å². The molecule has 5 heteroatoms. The van der Waals surface area contributed by atoms with E-state index in [1.54, 1.807) is 4.90 Å². The van der Waals surface area contributed by atoms with Crippen molar-refractivity contribution in [1.29, 1.82) is 0 Å². The first-order valence-corrected chi connectivity index (χ1v) is 9.89. The van der Waals surface area contributed by atoms with E-state index in [0.717, 1.165) is 30.6 Å². The molecule has 1 aromatic carbocycles. The summed E-state index contributed by atoms with van der Waals surface area (Å²) in [5, 5.41) is 0. The van der Waals surface area contributed by atoms with Crippen molar-refractivity contribution in [3.05, 3.63) is 59.4 Å². The number of amides is 2. The molecule has 2 aliphatic rings. The van der Waals surface area contributed by atoms with E-state index in [0.29, 0.717) is 13.1 Å². The molecule has 1 aliphatic heterocycles. The van der Waals surface area contributed by atoms with Crippen LogP contribution in [0.2, 0.25) is 0 Å². The standard InChI is InChI=1S/C22H27N3O2/c1-3-23(22(27)17-10-11-17)15-20(26)25-14-13-24-12-6-9-19(24)21(25)18-8-5-4-7-16(18)2/h4-9,12,17,21H,3,10-11,13-15H2,1-2H3/t21-/m1/s1. The van der Waals surface area contributed by atoms with Crippen LogP contribution >= 0.6 is 0 Å². The van der Waals surface area contributed by atoms with Gasteiger partial charge in [0.15, 0.2) is 0 Å². The molecule has 2 heterocycles. The zero-order valence-electron chi connectivity index (χ0n) is 16.1. The molecule has 1 atom stereocenters. The first-order valence-electron chi connectivity index (χ1n) is 9.89. The summed E-state index contributed by atoms with van der Waals surface area (Å²) in [6, 6.07) is 12.3. The van der Waals surface area contributed by atoms with Gasteiger partial charge in [0, 0.05) is 37.4 Å². The summed E-state index contributed by atoms with van der Waals surface area (Å²) in [4.78, 5) is 29.4. The molecule has 1 aliphatic carbocycles. The Hall–Kier alpha value is -2.56. The average Bonchev–Trinajstić information content (AvgIpc) is 3.42. The lowest BCUT2D eigenvalue weighted by Crippen LogP contribution is -2.48. The van der Waals surface area contributed by atoms with Crippen molar-refractivity contribution in [2.24, 2.45) is 5.92 Å². The molecular formula is C22H27N3O2. The molecule has 2 aromatic rings. The topological polar surface area (TPSA) is 45.6 Å². The van der Waals surface area contributed by atoms with Gasteiger partial charge in [0.05, 0.1) is 12.6 Å². The van der Waals surface area contributed by atoms with E-state index in [-0.39, 0.29) is 30.3 Å². The normalized spacial score (nSPS) is 18.9. The minimum atomic E-state index is -0.0998. The number of aryl methyl sites for hydroxylation is 1. The van der Waals surface area contributed by atoms with Gasteiger partial charge in [0.25, 0.3) is 0 Å². The van der Waals surface area contributed by atoms with Gasteiger partial charge in [-0.15, -0.1) is 0 Å². The van der Waals surface area contributed by atoms with Gasteiger partial charge in [-0.25, -0.2) is 0 Å². The predicted molar refractivity (Wildman–Crippen MR) is 104 cm³/mol. The van der Waals surface area contributed by atoms with Crippen molar-refractivity contribution >= 4 is 11.8 Å². The Morgan fingerprint density at radius 2 is 1.89 bits per heavy atom. The van der Waals surface area contributed by atoms with E-state index < -0.39 is 0 Å². The first-order chi connectivity index (χ1) is 13.1. The summed E-state index contributed by atoms with van der Waals surface area (Å²) < 4.78 is 2.23. The molecular weight excluding hydrogens is 338 g/mol. The number of rotatable bonds is 5. The number of hydrogen-bond donors (Lipinski definition) is 0. The van der Waals surface area contributed by atoms with Crippen LogP contribution in [0.15, 0.2) is 42.6 Å². The Morgan fingerprint density at radius 3 is 2.59 bits per heavy atom. The lowest BCUT2D eigenvalue weighted by molar-refractivity contribution is -0.142. The molecule has 0 saturated heterocycles. The summed E-state index contributed by atoms with van der Waals surface area (Å²) in [6.07, 6.45) is 4.01. The number of aromatic nitrogens is 1.